The summed E-state index contributed by atoms with van der Waals surface area (Å²) in [6.07, 6.45) is 49.3. The van der Waals surface area contributed by atoms with Crippen molar-refractivity contribution in [3.8, 4) is 11.3 Å². The van der Waals surface area contributed by atoms with E-state index in [9.17, 15) is 9.59 Å². The van der Waals surface area contributed by atoms with Gasteiger partial charge in [0.1, 0.15) is 17.9 Å². The molecule has 0 amide bonds. The molecule has 1 aromatic heterocycles. The zero-order valence-electron chi connectivity index (χ0n) is 45.2. The quantitative estimate of drug-likeness (QED) is 0.0482. The van der Waals surface area contributed by atoms with E-state index in [-0.39, 0.29) is 24.1 Å². The number of nitrogens with zero attached hydrogens (tertiary/aromatic N) is 4. The number of aromatic nitrogens is 3. The molecule has 8 heteroatoms. The van der Waals surface area contributed by atoms with Gasteiger partial charge in [0.25, 0.3) is 0 Å². The Kier molecular flexibility index (Phi) is 41.0. The molecule has 0 saturated carbocycles. The van der Waals surface area contributed by atoms with E-state index < -0.39 is 0 Å². The van der Waals surface area contributed by atoms with Crippen LogP contribution in [0.25, 0.3) is 11.3 Å². The third-order valence-corrected chi connectivity index (χ3v) is 14.1. The van der Waals surface area contributed by atoms with Crippen LogP contribution in [0.5, 0.6) is 0 Å². The summed E-state index contributed by atoms with van der Waals surface area (Å²) in [6.45, 7) is 13.0. The average molecular weight is 950 g/mol. The van der Waals surface area contributed by atoms with Crippen molar-refractivity contribution in [3.05, 3.63) is 36.5 Å². The SMILES string of the molecule is CCCCCCCCC(CCCCCCCC)OC(=O)CCCCCCCN(CCCCCCCC(=O)OC(CCCCCCCC)CCCCCCCC)CCn1cc(-c2ccccc2)nn1. The van der Waals surface area contributed by atoms with Gasteiger partial charge >= 0.3 is 11.9 Å². The number of rotatable bonds is 50. The Morgan fingerprint density at radius 2 is 0.809 bits per heavy atom. The second-order valence-corrected chi connectivity index (χ2v) is 20.6. The highest BCUT2D eigenvalue weighted by molar-refractivity contribution is 5.69. The molecule has 0 atom stereocenters. The van der Waals surface area contributed by atoms with Gasteiger partial charge in [0, 0.05) is 24.9 Å². The fourth-order valence-electron chi connectivity index (χ4n) is 9.62. The summed E-state index contributed by atoms with van der Waals surface area (Å²) in [7, 11) is 0. The highest BCUT2D eigenvalue weighted by Gasteiger charge is 2.16. The predicted octanol–water partition coefficient (Wildman–Crippen LogP) is 17.8. The lowest BCUT2D eigenvalue weighted by Crippen LogP contribution is -2.30. The van der Waals surface area contributed by atoms with Crippen molar-refractivity contribution < 1.29 is 19.1 Å². The molecule has 0 bridgehead atoms. The Morgan fingerprint density at radius 1 is 0.456 bits per heavy atom. The van der Waals surface area contributed by atoms with Gasteiger partial charge in [-0.05, 0) is 90.1 Å². The molecule has 0 unspecified atom stereocenters. The van der Waals surface area contributed by atoms with Gasteiger partial charge in [0.2, 0.25) is 0 Å². The maximum Gasteiger partial charge on any atom is 0.306 e. The Balaban J connectivity index is 1.75. The van der Waals surface area contributed by atoms with Crippen LogP contribution in [0.4, 0.5) is 0 Å². The number of hydrogen-bond acceptors (Lipinski definition) is 7. The fourth-order valence-corrected chi connectivity index (χ4v) is 9.62. The average Bonchev–Trinajstić information content (AvgIpc) is 3.83. The molecule has 392 valence electrons. The normalized spacial score (nSPS) is 11.7. The molecule has 8 nitrogen and oxygen atoms in total. The zero-order valence-corrected chi connectivity index (χ0v) is 45.2. The van der Waals surface area contributed by atoms with Gasteiger partial charge in [-0.2, -0.15) is 0 Å². The van der Waals surface area contributed by atoms with Crippen LogP contribution >= 0.6 is 0 Å². The molecule has 1 heterocycles. The van der Waals surface area contributed by atoms with Crippen molar-refractivity contribution in [2.24, 2.45) is 0 Å². The van der Waals surface area contributed by atoms with E-state index in [1.807, 2.05) is 22.9 Å². The second kappa shape index (κ2) is 45.4. The number of carbonyl (C=O) groups is 2. The molecule has 0 saturated heterocycles. The van der Waals surface area contributed by atoms with Crippen LogP contribution in [-0.4, -0.2) is 63.7 Å². The van der Waals surface area contributed by atoms with Crippen LogP contribution in [0.1, 0.15) is 285 Å². The predicted molar refractivity (Wildman–Crippen MR) is 289 cm³/mol. The zero-order chi connectivity index (χ0) is 48.8. The first kappa shape index (κ1) is 61.4. The van der Waals surface area contributed by atoms with Crippen LogP contribution in [-0.2, 0) is 25.6 Å². The van der Waals surface area contributed by atoms with E-state index in [2.05, 4.69) is 61.2 Å². The number of hydrogen-bond donors (Lipinski definition) is 0. The number of benzene rings is 1. The highest BCUT2D eigenvalue weighted by atomic mass is 16.5. The summed E-state index contributed by atoms with van der Waals surface area (Å²) in [5, 5.41) is 8.92. The van der Waals surface area contributed by atoms with Gasteiger partial charge in [-0.25, -0.2) is 0 Å². The third kappa shape index (κ3) is 35.4. The maximum atomic E-state index is 13.0. The van der Waals surface area contributed by atoms with E-state index in [0.717, 1.165) is 114 Å². The van der Waals surface area contributed by atoms with Crippen molar-refractivity contribution in [2.75, 3.05) is 19.6 Å². The summed E-state index contributed by atoms with van der Waals surface area (Å²) in [6, 6.07) is 10.3. The Morgan fingerprint density at radius 3 is 1.21 bits per heavy atom. The first-order chi connectivity index (χ1) is 33.5. The smallest absolute Gasteiger partial charge is 0.306 e. The van der Waals surface area contributed by atoms with Crippen molar-refractivity contribution in [3.63, 3.8) is 0 Å². The minimum atomic E-state index is 0.0212. The maximum absolute atomic E-state index is 13.0. The van der Waals surface area contributed by atoms with E-state index in [1.54, 1.807) is 0 Å². The van der Waals surface area contributed by atoms with Gasteiger partial charge in [-0.15, -0.1) is 5.10 Å². The minimum absolute atomic E-state index is 0.0212. The molecular weight excluding hydrogens is 841 g/mol. The number of unbranched alkanes of at least 4 members (excludes halogenated alkanes) is 28. The van der Waals surface area contributed by atoms with Gasteiger partial charge in [0.05, 0.1) is 12.7 Å². The summed E-state index contributed by atoms with van der Waals surface area (Å²) in [4.78, 5) is 28.5. The van der Waals surface area contributed by atoms with Crippen molar-refractivity contribution in [1.82, 2.24) is 19.9 Å². The third-order valence-electron chi connectivity index (χ3n) is 14.1. The molecule has 0 radical (unpaired) electrons. The second-order valence-electron chi connectivity index (χ2n) is 20.6. The lowest BCUT2D eigenvalue weighted by Gasteiger charge is -2.22. The van der Waals surface area contributed by atoms with Crippen LogP contribution in [0.15, 0.2) is 36.5 Å². The van der Waals surface area contributed by atoms with Crippen LogP contribution in [0.2, 0.25) is 0 Å². The first-order valence-electron chi connectivity index (χ1n) is 29.6. The summed E-state index contributed by atoms with van der Waals surface area (Å²) in [5.74, 6) is 0.0423. The summed E-state index contributed by atoms with van der Waals surface area (Å²) < 4.78 is 14.2. The standard InChI is InChI=1S/C60H108N4O4/c1-5-9-13-17-23-34-44-56(45-35-24-18-14-10-6-2)67-59(65)48-38-27-21-29-40-50-63(52-53-64-54-58(61-62-64)55-42-32-31-33-43-55)51-41-30-22-28-39-49-60(66)68-57(46-36-25-19-15-11-7-3)47-37-26-20-16-12-8-4/h31-33,42-43,54,56-57H,5-30,34-41,44-53H2,1-4H3. The van der Waals surface area contributed by atoms with E-state index in [4.69, 9.17) is 9.47 Å². The Labute approximate surface area is 420 Å². The molecule has 0 aliphatic heterocycles. The summed E-state index contributed by atoms with van der Waals surface area (Å²) in [5.41, 5.74) is 2.02. The van der Waals surface area contributed by atoms with E-state index in [0.29, 0.717) is 12.8 Å². The molecule has 0 fully saturated rings. The highest BCUT2D eigenvalue weighted by Crippen LogP contribution is 2.21. The van der Waals surface area contributed by atoms with Crippen LogP contribution < -0.4 is 0 Å². The van der Waals surface area contributed by atoms with Crippen LogP contribution in [0.3, 0.4) is 0 Å². The lowest BCUT2D eigenvalue weighted by atomic mass is 10.0. The molecule has 2 aromatic rings. The van der Waals surface area contributed by atoms with Crippen LogP contribution in [0, 0.1) is 0 Å². The topological polar surface area (TPSA) is 86.5 Å². The van der Waals surface area contributed by atoms with Gasteiger partial charge < -0.3 is 14.4 Å². The molecule has 1 aromatic carbocycles. The monoisotopic (exact) mass is 949 g/mol. The summed E-state index contributed by atoms with van der Waals surface area (Å²) >= 11 is 0. The van der Waals surface area contributed by atoms with Crippen molar-refractivity contribution in [1.29, 1.82) is 0 Å². The molecule has 68 heavy (non-hydrogen) atoms. The molecular formula is C60H108N4O4. The Hall–Kier alpha value is -2.74. The fraction of sp³-hybridized carbons (Fsp3) is 0.833. The van der Waals surface area contributed by atoms with E-state index in [1.165, 1.54) is 167 Å². The number of ether oxygens (including phenoxy) is 2. The van der Waals surface area contributed by atoms with Crippen molar-refractivity contribution in [2.45, 2.75) is 303 Å². The first-order valence-corrected chi connectivity index (χ1v) is 29.6. The van der Waals surface area contributed by atoms with E-state index >= 15 is 0 Å². The minimum Gasteiger partial charge on any atom is -0.462 e. The molecule has 0 aliphatic carbocycles. The van der Waals surface area contributed by atoms with Gasteiger partial charge in [-0.1, -0.05) is 230 Å². The molecule has 2 rings (SSSR count). The molecule has 0 aliphatic rings. The number of carbonyl (C=O) groups excluding carboxylic acids is 2. The number of esters is 2. The lowest BCUT2D eigenvalue weighted by molar-refractivity contribution is -0.151. The van der Waals surface area contributed by atoms with Gasteiger partial charge in [0.15, 0.2) is 0 Å². The molecule has 0 N–H and O–H groups in total. The van der Waals surface area contributed by atoms with Crippen molar-refractivity contribution >= 4 is 11.9 Å². The Bertz CT molecular complexity index is 1300. The van der Waals surface area contributed by atoms with Gasteiger partial charge in [-0.3, -0.25) is 14.3 Å². The largest absolute Gasteiger partial charge is 0.462 e. The molecule has 0 spiro atoms.